The van der Waals surface area contributed by atoms with Crippen molar-refractivity contribution < 1.29 is 64.2 Å². The van der Waals surface area contributed by atoms with Crippen LogP contribution in [0.25, 0.3) is 0 Å². The van der Waals surface area contributed by atoms with Gasteiger partial charge in [0.05, 0.1) is 44.7 Å². The zero-order valence-electron chi connectivity index (χ0n) is 46.1. The van der Waals surface area contributed by atoms with Crippen LogP contribution in [0.3, 0.4) is 0 Å². The summed E-state index contributed by atoms with van der Waals surface area (Å²) in [6.45, 7) is 3.86. The van der Waals surface area contributed by atoms with E-state index in [1.54, 1.807) is 25.3 Å². The molecule has 4 fully saturated rings. The number of carbonyl (C=O) groups is 1. The third kappa shape index (κ3) is 12.6. The van der Waals surface area contributed by atoms with Gasteiger partial charge in [0.15, 0.2) is 23.0 Å². The van der Waals surface area contributed by atoms with Gasteiger partial charge < -0.3 is 70.1 Å². The zero-order valence-corrected chi connectivity index (χ0v) is 47.8. The van der Waals surface area contributed by atoms with Crippen LogP contribution in [0.4, 0.5) is 0 Å². The van der Waals surface area contributed by atoms with E-state index >= 15 is 0 Å². The largest absolute Gasteiger partial charge is 0.504 e. The second-order valence-corrected chi connectivity index (χ2v) is 26.5. The number of benzene rings is 2. The summed E-state index contributed by atoms with van der Waals surface area (Å²) in [6.07, 6.45) is 8.19. The quantitative estimate of drug-likeness (QED) is 0.0399. The number of methoxy groups -OCH3 is 3. The van der Waals surface area contributed by atoms with E-state index in [9.17, 15) is 40.5 Å². The second kappa shape index (κ2) is 26.5. The molecule has 1 saturated heterocycles. The highest BCUT2D eigenvalue weighted by molar-refractivity contribution is 8.76. The van der Waals surface area contributed by atoms with Crippen LogP contribution in [0.5, 0.6) is 28.7 Å². The summed E-state index contributed by atoms with van der Waals surface area (Å²) in [5.74, 6) is 15.4. The van der Waals surface area contributed by atoms with Crippen LogP contribution >= 0.6 is 21.6 Å². The van der Waals surface area contributed by atoms with Gasteiger partial charge in [-0.1, -0.05) is 52.7 Å². The third-order valence-electron chi connectivity index (χ3n) is 19.3. The fourth-order valence-corrected chi connectivity index (χ4v) is 18.5. The van der Waals surface area contributed by atoms with Crippen molar-refractivity contribution in [3.63, 3.8) is 0 Å². The van der Waals surface area contributed by atoms with Gasteiger partial charge >= 0.3 is 0 Å². The van der Waals surface area contributed by atoms with Crippen LogP contribution in [-0.4, -0.2) is 138 Å². The number of nitrogens with one attached hydrogen (secondary N) is 2. The number of hydrogen-bond donors (Lipinski definition) is 9. The Morgan fingerprint density at radius 3 is 2.41 bits per heavy atom. The molecule has 0 aromatic heterocycles. The highest BCUT2D eigenvalue weighted by Gasteiger charge is 2.65. The molecule has 430 valence electrons. The molecule has 4 aliphatic carbocycles. The maximum Gasteiger partial charge on any atom is 0.235 e. The van der Waals surface area contributed by atoms with Crippen LogP contribution in [-0.2, 0) is 27.1 Å². The van der Waals surface area contributed by atoms with E-state index in [0.29, 0.717) is 68.4 Å². The molecule has 17 unspecified atom stereocenters. The number of rotatable bonds is 14. The lowest BCUT2D eigenvalue weighted by atomic mass is 9.38. The smallest absolute Gasteiger partial charge is 0.235 e. The molecule has 15 nitrogen and oxygen atoms in total. The molecular formula is C61H86N2O13S2. The summed E-state index contributed by atoms with van der Waals surface area (Å²) in [7, 11) is 7.54. The van der Waals surface area contributed by atoms with Crippen molar-refractivity contribution in [2.75, 3.05) is 60.2 Å². The number of phenols is 2. The summed E-state index contributed by atoms with van der Waals surface area (Å²) >= 11 is 0. The van der Waals surface area contributed by atoms with Crippen molar-refractivity contribution >= 4 is 27.5 Å². The molecule has 17 atom stereocenters. The summed E-state index contributed by atoms with van der Waals surface area (Å²) in [4.78, 5) is 13.6. The predicted octanol–water partition coefficient (Wildman–Crippen LogP) is 7.08. The number of aryl methyl sites for hydroxylation is 1. The Morgan fingerprint density at radius 1 is 0.846 bits per heavy atom. The minimum Gasteiger partial charge on any atom is -0.504 e. The van der Waals surface area contributed by atoms with Crippen molar-refractivity contribution in [3.05, 3.63) is 41.0 Å². The molecule has 7 aliphatic rings. The molecule has 78 heavy (non-hydrogen) atoms. The van der Waals surface area contributed by atoms with E-state index in [1.165, 1.54) is 35.8 Å². The van der Waals surface area contributed by atoms with E-state index in [0.717, 1.165) is 81.9 Å². The maximum absolute atomic E-state index is 13.6. The number of carbonyl (C=O) groups excluding carboxylic acids is 1. The third-order valence-corrected chi connectivity index (χ3v) is 22.2. The molecule has 9 rings (SSSR count). The molecule has 2 aromatic rings. The van der Waals surface area contributed by atoms with E-state index < -0.39 is 43.0 Å². The summed E-state index contributed by atoms with van der Waals surface area (Å²) < 4.78 is 29.3. The Labute approximate surface area is 469 Å². The van der Waals surface area contributed by atoms with Crippen molar-refractivity contribution in [2.45, 2.75) is 158 Å². The Hall–Kier alpha value is -3.59. The summed E-state index contributed by atoms with van der Waals surface area (Å²) in [6, 6.07) is 6.90. The fraction of sp³-hybridized carbons (Fsp3) is 0.721. The Balaban J connectivity index is 1.01. The standard InChI is InChI=1S/C61H86N2O13S2/c1-36-10-15-47-40-17-20-60-31-43(14-12-41(60)33-62-32-37(16-19-61(47,60)30-36)7-5-8-44-57(51(68)26-40)48(63-59(44)71)9-6-22-72-2)76-53-27-39-11-13-42(75-35-65)28-49(66)46(23-38-24-54(73-3)58(70)55(25-38)74-4)52(69)34-77-78-56(18-21-64)45(39)29-50(53)67/h24-25,27,29,36-37,40-44,46-49,51-52,56-57,62,64-70H,6-7,9-15,17-18,20-23,26,28,30-35H2,1-4H3,(H,63,71). The lowest BCUT2D eigenvalue weighted by molar-refractivity contribution is -0.161. The molecule has 0 radical (unpaired) electrons. The Morgan fingerprint density at radius 2 is 1.65 bits per heavy atom. The highest BCUT2D eigenvalue weighted by atomic mass is 33.1. The average molecular weight is 1120 g/mol. The molecular weight excluding hydrogens is 1030 g/mol. The number of amides is 1. The molecule has 2 spiro atoms. The van der Waals surface area contributed by atoms with Crippen LogP contribution in [0.2, 0.25) is 0 Å². The molecule has 3 heterocycles. The van der Waals surface area contributed by atoms with Gasteiger partial charge in [0.2, 0.25) is 11.7 Å². The minimum absolute atomic E-state index is 0.0177. The van der Waals surface area contributed by atoms with Crippen molar-refractivity contribution in [3.8, 4) is 52.4 Å². The number of ether oxygens (including phenoxy) is 5. The minimum atomic E-state index is -1.05. The van der Waals surface area contributed by atoms with Crippen LogP contribution in [0, 0.1) is 81.9 Å². The first-order chi connectivity index (χ1) is 37.7. The van der Waals surface area contributed by atoms with Crippen LogP contribution in [0.1, 0.15) is 125 Å². The number of aliphatic hydroxyl groups is 5. The predicted molar refractivity (Wildman–Crippen MR) is 301 cm³/mol. The van der Waals surface area contributed by atoms with Crippen molar-refractivity contribution in [1.29, 1.82) is 0 Å². The fourth-order valence-electron chi connectivity index (χ4n) is 15.6. The SMILES string of the molecule is COCCCC1NC(=O)C2C#CCC3C#CC45CC(C)CCC4C(CCC54CC(Oc5cc6c(cc5O)C(CCO)SSCC(O)C(Cc5cc(OC)c(O)c(OC)c5)C(O)CC(OCO)CC6)CCC4CNC3)CC(O)C12. The van der Waals surface area contributed by atoms with Crippen molar-refractivity contribution in [2.24, 2.45) is 58.2 Å². The number of aromatic hydroxyl groups is 2. The Bertz CT molecular complexity index is 2470. The molecule has 17 heteroatoms. The first-order valence-corrected chi connectivity index (χ1v) is 31.3. The lowest BCUT2D eigenvalue weighted by Crippen LogP contribution is -2.62. The van der Waals surface area contributed by atoms with E-state index in [-0.39, 0.29) is 106 Å². The molecule has 3 bridgehead atoms. The zero-order chi connectivity index (χ0) is 55.1. The molecule has 9 N–H and O–H groups in total. The van der Waals surface area contributed by atoms with Gasteiger partial charge in [0.1, 0.15) is 12.7 Å². The maximum atomic E-state index is 13.6. The van der Waals surface area contributed by atoms with Gasteiger partial charge in [-0.25, -0.2) is 0 Å². The van der Waals surface area contributed by atoms with Gasteiger partial charge in [-0.2, -0.15) is 0 Å². The van der Waals surface area contributed by atoms with E-state index in [4.69, 9.17) is 23.7 Å². The molecule has 2 aromatic carbocycles. The first kappa shape index (κ1) is 59.0. The van der Waals surface area contributed by atoms with E-state index in [2.05, 4.69) is 41.2 Å². The van der Waals surface area contributed by atoms with Gasteiger partial charge in [-0.15, -0.1) is 5.92 Å². The van der Waals surface area contributed by atoms with E-state index in [1.807, 2.05) is 6.07 Å². The average Bonchev–Trinajstić information content (AvgIpc) is 3.39. The molecule has 1 amide bonds. The normalized spacial score (nSPS) is 37.0. The number of aliphatic hydroxyl groups excluding tert-OH is 5. The highest BCUT2D eigenvalue weighted by Crippen LogP contribution is 2.69. The number of phenolic OH excluding ortho intramolecular Hbond substituents is 2. The first-order valence-electron chi connectivity index (χ1n) is 28.9. The topological polar surface area (TPSA) is 229 Å². The van der Waals surface area contributed by atoms with Gasteiger partial charge in [0.25, 0.3) is 0 Å². The second-order valence-electron chi connectivity index (χ2n) is 23.8. The van der Waals surface area contributed by atoms with Crippen molar-refractivity contribution in [1.82, 2.24) is 10.6 Å². The molecule has 3 saturated carbocycles. The van der Waals surface area contributed by atoms with Crippen LogP contribution in [0.15, 0.2) is 24.3 Å². The van der Waals surface area contributed by atoms with Gasteiger partial charge in [-0.05, 0) is 173 Å². The number of hydrogen-bond acceptors (Lipinski definition) is 16. The van der Waals surface area contributed by atoms with Crippen LogP contribution < -0.4 is 24.8 Å². The number of fused-ring (bicyclic) bond motifs is 3. The monoisotopic (exact) mass is 1120 g/mol. The molecule has 3 aliphatic heterocycles. The van der Waals surface area contributed by atoms with Gasteiger partial charge in [0, 0.05) is 73.5 Å². The summed E-state index contributed by atoms with van der Waals surface area (Å²) in [5.41, 5.74) is 1.88. The summed E-state index contributed by atoms with van der Waals surface area (Å²) in [5, 5.41) is 86.4. The van der Waals surface area contributed by atoms with Gasteiger partial charge in [-0.3, -0.25) is 4.79 Å². The Kier molecular flexibility index (Phi) is 20.1. The lowest BCUT2D eigenvalue weighted by Gasteiger charge is -2.65.